The Bertz CT molecular complexity index is 715. The van der Waals surface area contributed by atoms with Crippen molar-refractivity contribution in [2.24, 2.45) is 0 Å². The molecule has 126 valence electrons. The number of hydrogen-bond donors (Lipinski definition) is 1. The summed E-state index contributed by atoms with van der Waals surface area (Å²) in [6.45, 7) is 1.72. The molecule has 0 aromatic heterocycles. The lowest BCUT2D eigenvalue weighted by atomic mass is 10.1. The molecule has 2 aromatic carbocycles. The topological polar surface area (TPSA) is 64.6 Å². The molecular weight excluding hydrogens is 330 g/mol. The molecule has 5 nitrogen and oxygen atoms in total. The van der Waals surface area contributed by atoms with Gasteiger partial charge in [-0.25, -0.2) is 0 Å². The van der Waals surface area contributed by atoms with Gasteiger partial charge in [-0.1, -0.05) is 23.7 Å². The van der Waals surface area contributed by atoms with E-state index in [9.17, 15) is 9.59 Å². The molecule has 0 aliphatic rings. The number of methoxy groups -OCH3 is 1. The second-order valence-electron chi connectivity index (χ2n) is 5.16. The van der Waals surface area contributed by atoms with Crippen molar-refractivity contribution < 1.29 is 19.1 Å². The number of hydrogen-bond acceptors (Lipinski definition) is 4. The predicted molar refractivity (Wildman–Crippen MR) is 91.9 cm³/mol. The first kappa shape index (κ1) is 17.8. The molecule has 0 saturated carbocycles. The van der Waals surface area contributed by atoms with Gasteiger partial charge in [0.05, 0.1) is 13.2 Å². The molecule has 24 heavy (non-hydrogen) atoms. The maximum Gasteiger partial charge on any atom is 0.258 e. The average molecular weight is 348 g/mol. The fourth-order valence-electron chi connectivity index (χ4n) is 2.14. The van der Waals surface area contributed by atoms with Crippen LogP contribution in [0, 0.1) is 0 Å². The van der Waals surface area contributed by atoms with Gasteiger partial charge >= 0.3 is 0 Å². The molecule has 0 saturated heterocycles. The molecule has 1 unspecified atom stereocenters. The highest BCUT2D eigenvalue weighted by Crippen LogP contribution is 2.27. The standard InChI is InChI=1S/C18H18ClNO4/c1-12(14-4-6-15(19)7-5-14)20-18(22)11-24-16-8-3-13(10-21)9-17(16)23-2/h3-10,12H,11H2,1-2H3,(H,20,22). The van der Waals surface area contributed by atoms with Gasteiger partial charge in [0, 0.05) is 10.6 Å². The van der Waals surface area contributed by atoms with E-state index >= 15 is 0 Å². The monoisotopic (exact) mass is 347 g/mol. The Kier molecular flexibility index (Phi) is 6.21. The van der Waals surface area contributed by atoms with Gasteiger partial charge in [-0.2, -0.15) is 0 Å². The maximum absolute atomic E-state index is 12.0. The first-order chi connectivity index (χ1) is 11.5. The van der Waals surface area contributed by atoms with Crippen LogP contribution in [0.15, 0.2) is 42.5 Å². The van der Waals surface area contributed by atoms with Crippen molar-refractivity contribution in [1.82, 2.24) is 5.32 Å². The van der Waals surface area contributed by atoms with Gasteiger partial charge in [-0.3, -0.25) is 9.59 Å². The fraction of sp³-hybridized carbons (Fsp3) is 0.222. The van der Waals surface area contributed by atoms with Crippen LogP contribution < -0.4 is 14.8 Å². The Labute approximate surface area is 145 Å². The summed E-state index contributed by atoms with van der Waals surface area (Å²) >= 11 is 5.85. The number of carbonyl (C=O) groups is 2. The van der Waals surface area contributed by atoms with Crippen LogP contribution in [0.3, 0.4) is 0 Å². The smallest absolute Gasteiger partial charge is 0.258 e. The zero-order chi connectivity index (χ0) is 17.5. The fourth-order valence-corrected chi connectivity index (χ4v) is 2.26. The summed E-state index contributed by atoms with van der Waals surface area (Å²) in [5.74, 6) is 0.537. The molecule has 1 N–H and O–H groups in total. The maximum atomic E-state index is 12.0. The summed E-state index contributed by atoms with van der Waals surface area (Å²) in [7, 11) is 1.47. The Morgan fingerprint density at radius 2 is 1.92 bits per heavy atom. The highest BCUT2D eigenvalue weighted by Gasteiger charge is 2.12. The van der Waals surface area contributed by atoms with Gasteiger partial charge in [-0.05, 0) is 42.8 Å². The van der Waals surface area contributed by atoms with E-state index in [0.29, 0.717) is 28.4 Å². The van der Waals surface area contributed by atoms with Crippen molar-refractivity contribution in [3.05, 3.63) is 58.6 Å². The number of aldehydes is 1. The number of nitrogens with one attached hydrogen (secondary N) is 1. The van der Waals surface area contributed by atoms with E-state index < -0.39 is 0 Å². The van der Waals surface area contributed by atoms with E-state index in [0.717, 1.165) is 5.56 Å². The number of benzene rings is 2. The van der Waals surface area contributed by atoms with Crippen molar-refractivity contribution in [1.29, 1.82) is 0 Å². The third-order valence-electron chi connectivity index (χ3n) is 3.43. The van der Waals surface area contributed by atoms with Crippen LogP contribution in [0.5, 0.6) is 11.5 Å². The first-order valence-corrected chi connectivity index (χ1v) is 7.72. The van der Waals surface area contributed by atoms with Crippen molar-refractivity contribution in [2.75, 3.05) is 13.7 Å². The van der Waals surface area contributed by atoms with Crippen molar-refractivity contribution in [3.8, 4) is 11.5 Å². The zero-order valence-electron chi connectivity index (χ0n) is 13.4. The van der Waals surface area contributed by atoms with Crippen molar-refractivity contribution in [2.45, 2.75) is 13.0 Å². The number of ether oxygens (including phenoxy) is 2. The second-order valence-corrected chi connectivity index (χ2v) is 5.59. The van der Waals surface area contributed by atoms with Crippen LogP contribution in [0.4, 0.5) is 0 Å². The van der Waals surface area contributed by atoms with Gasteiger partial charge in [0.2, 0.25) is 0 Å². The van der Waals surface area contributed by atoms with E-state index in [1.165, 1.54) is 7.11 Å². The van der Waals surface area contributed by atoms with Gasteiger partial charge in [0.1, 0.15) is 6.29 Å². The molecule has 6 heteroatoms. The minimum atomic E-state index is -0.265. The highest BCUT2D eigenvalue weighted by molar-refractivity contribution is 6.30. The van der Waals surface area contributed by atoms with Crippen LogP contribution in [0.25, 0.3) is 0 Å². The Hall–Kier alpha value is -2.53. The Balaban J connectivity index is 1.93. The highest BCUT2D eigenvalue weighted by atomic mass is 35.5. The summed E-state index contributed by atoms with van der Waals surface area (Å²) in [6, 6.07) is 11.8. The van der Waals surface area contributed by atoms with E-state index in [-0.39, 0.29) is 18.6 Å². The molecule has 0 aliphatic heterocycles. The number of carbonyl (C=O) groups excluding carboxylic acids is 2. The predicted octanol–water partition coefficient (Wildman–Crippen LogP) is 3.42. The quantitative estimate of drug-likeness (QED) is 0.779. The molecule has 0 aliphatic carbocycles. The summed E-state index contributed by atoms with van der Waals surface area (Å²) in [4.78, 5) is 22.8. The van der Waals surface area contributed by atoms with Gasteiger partial charge < -0.3 is 14.8 Å². The molecule has 1 amide bonds. The summed E-state index contributed by atoms with van der Waals surface area (Å²) in [5, 5.41) is 3.49. The molecule has 2 rings (SSSR count). The Morgan fingerprint density at radius 1 is 1.21 bits per heavy atom. The van der Waals surface area contributed by atoms with Gasteiger partial charge in [-0.15, -0.1) is 0 Å². The molecule has 0 fully saturated rings. The SMILES string of the molecule is COc1cc(C=O)ccc1OCC(=O)NC(C)c1ccc(Cl)cc1. The summed E-state index contributed by atoms with van der Waals surface area (Å²) in [6.07, 6.45) is 0.715. The van der Waals surface area contributed by atoms with Crippen molar-refractivity contribution in [3.63, 3.8) is 0 Å². The minimum absolute atomic E-state index is 0.158. The van der Waals surface area contributed by atoms with Crippen LogP contribution in [-0.4, -0.2) is 25.9 Å². The number of halogens is 1. The normalized spacial score (nSPS) is 11.5. The van der Waals surface area contributed by atoms with Crippen molar-refractivity contribution >= 4 is 23.8 Å². The third-order valence-corrected chi connectivity index (χ3v) is 3.68. The number of amides is 1. The lowest BCUT2D eigenvalue weighted by Crippen LogP contribution is -2.31. The molecule has 2 aromatic rings. The molecule has 0 spiro atoms. The summed E-state index contributed by atoms with van der Waals surface area (Å²) < 4.78 is 10.6. The van der Waals surface area contributed by atoms with Crippen LogP contribution in [0.1, 0.15) is 28.9 Å². The average Bonchev–Trinajstić information content (AvgIpc) is 2.60. The molecule has 0 radical (unpaired) electrons. The lowest BCUT2D eigenvalue weighted by Gasteiger charge is -2.15. The summed E-state index contributed by atoms with van der Waals surface area (Å²) in [5.41, 5.74) is 1.42. The van der Waals surface area contributed by atoms with E-state index in [1.54, 1.807) is 30.3 Å². The van der Waals surface area contributed by atoms with E-state index in [2.05, 4.69) is 5.32 Å². The van der Waals surface area contributed by atoms with E-state index in [1.807, 2.05) is 19.1 Å². The molecular formula is C18H18ClNO4. The van der Waals surface area contributed by atoms with Gasteiger partial charge in [0.15, 0.2) is 18.1 Å². The lowest BCUT2D eigenvalue weighted by molar-refractivity contribution is -0.123. The third kappa shape index (κ3) is 4.73. The molecule has 1 atom stereocenters. The minimum Gasteiger partial charge on any atom is -0.493 e. The van der Waals surface area contributed by atoms with Gasteiger partial charge in [0.25, 0.3) is 5.91 Å². The molecule has 0 bridgehead atoms. The van der Waals surface area contributed by atoms with Crippen LogP contribution in [-0.2, 0) is 4.79 Å². The van der Waals surface area contributed by atoms with Crippen LogP contribution >= 0.6 is 11.6 Å². The Morgan fingerprint density at radius 3 is 2.54 bits per heavy atom. The molecule has 0 heterocycles. The zero-order valence-corrected chi connectivity index (χ0v) is 14.2. The second kappa shape index (κ2) is 8.36. The van der Waals surface area contributed by atoms with E-state index in [4.69, 9.17) is 21.1 Å². The first-order valence-electron chi connectivity index (χ1n) is 7.34. The largest absolute Gasteiger partial charge is 0.493 e. The number of rotatable bonds is 7. The van der Waals surface area contributed by atoms with Crippen LogP contribution in [0.2, 0.25) is 5.02 Å².